The first-order valence-electron chi connectivity index (χ1n) is 16.1. The number of benzene rings is 3. The number of nitrogens with zero attached hydrogens (tertiary/aromatic N) is 7. The number of anilines is 1. The Hall–Kier alpha value is -5.16. The highest BCUT2D eigenvalue weighted by Gasteiger charge is 2.33. The van der Waals surface area contributed by atoms with Gasteiger partial charge in [0.15, 0.2) is 5.82 Å². The van der Waals surface area contributed by atoms with Gasteiger partial charge < -0.3 is 9.80 Å². The average molecular weight is 633 g/mol. The van der Waals surface area contributed by atoms with Gasteiger partial charge in [0.2, 0.25) is 11.8 Å². The van der Waals surface area contributed by atoms with Gasteiger partial charge in [-0.2, -0.15) is 10.2 Å². The van der Waals surface area contributed by atoms with Crippen LogP contribution in [0.15, 0.2) is 79.1 Å². The SMILES string of the molecule is CCN(C(=O)[C@@H]1CCN(CC(=O)N2CC=C(c3ccc(-c4ncn(C)n4)cc3)CC2)C1)c1ccc2[nH]nc(-c3ccc(F)cc3)c2c1. The highest BCUT2D eigenvalue weighted by atomic mass is 19.1. The van der Waals surface area contributed by atoms with Crippen LogP contribution in [0.1, 0.15) is 25.3 Å². The van der Waals surface area contributed by atoms with Crippen molar-refractivity contribution in [3.63, 3.8) is 0 Å². The standard InChI is InChI=1S/C36H37FN8O2/c1-3-45(30-12-13-32-31(20-30)34(40-39-32)26-8-10-29(37)11-9-26)36(47)28-14-17-43(21-28)22-33(46)44-18-15-25(16-19-44)24-4-6-27(7-5-24)35-38-23-42(2)41-35/h4-13,15,20,23,28H,3,14,16-19,21-22H2,1-2H3,(H,39,40)/t28-/m1/s1. The summed E-state index contributed by atoms with van der Waals surface area (Å²) in [6, 6.07) is 20.3. The zero-order valence-corrected chi connectivity index (χ0v) is 26.6. The summed E-state index contributed by atoms with van der Waals surface area (Å²) in [5, 5.41) is 12.7. The molecule has 240 valence electrons. The van der Waals surface area contributed by atoms with Crippen LogP contribution in [0.4, 0.5) is 10.1 Å². The lowest BCUT2D eigenvalue weighted by Crippen LogP contribution is -2.42. The van der Waals surface area contributed by atoms with Gasteiger partial charge in [-0.15, -0.1) is 0 Å². The molecule has 1 saturated heterocycles. The molecule has 47 heavy (non-hydrogen) atoms. The van der Waals surface area contributed by atoms with Crippen molar-refractivity contribution in [3.05, 3.63) is 90.5 Å². The van der Waals surface area contributed by atoms with Crippen LogP contribution in [-0.4, -0.2) is 85.8 Å². The number of hydrogen-bond acceptors (Lipinski definition) is 6. The zero-order valence-electron chi connectivity index (χ0n) is 26.6. The summed E-state index contributed by atoms with van der Waals surface area (Å²) in [5.74, 6) is 0.370. The maximum Gasteiger partial charge on any atom is 0.237 e. The topological polar surface area (TPSA) is 103 Å². The van der Waals surface area contributed by atoms with Crippen LogP contribution in [0.5, 0.6) is 0 Å². The maximum absolute atomic E-state index is 13.8. The van der Waals surface area contributed by atoms with Gasteiger partial charge in [0.05, 0.1) is 23.7 Å². The summed E-state index contributed by atoms with van der Waals surface area (Å²) < 4.78 is 15.2. The van der Waals surface area contributed by atoms with E-state index in [1.54, 1.807) is 23.1 Å². The van der Waals surface area contributed by atoms with E-state index in [9.17, 15) is 14.0 Å². The summed E-state index contributed by atoms with van der Waals surface area (Å²) in [4.78, 5) is 37.2. The minimum Gasteiger partial charge on any atom is -0.338 e. The Balaban J connectivity index is 0.955. The van der Waals surface area contributed by atoms with Gasteiger partial charge in [-0.05, 0) is 79.9 Å². The van der Waals surface area contributed by atoms with Crippen molar-refractivity contribution < 1.29 is 14.0 Å². The molecule has 3 aromatic carbocycles. The largest absolute Gasteiger partial charge is 0.338 e. The minimum absolute atomic E-state index is 0.0593. The number of fused-ring (bicyclic) bond motifs is 1. The molecule has 1 atom stereocenters. The molecule has 0 unspecified atom stereocenters. The molecule has 4 heterocycles. The summed E-state index contributed by atoms with van der Waals surface area (Å²) in [6.07, 6.45) is 5.34. The molecular formula is C36H37FN8O2. The molecule has 0 saturated carbocycles. The molecule has 2 aliphatic rings. The smallest absolute Gasteiger partial charge is 0.237 e. The van der Waals surface area contributed by atoms with Crippen LogP contribution in [-0.2, 0) is 16.6 Å². The number of rotatable bonds is 8. The van der Waals surface area contributed by atoms with Gasteiger partial charge in [-0.3, -0.25) is 24.3 Å². The summed E-state index contributed by atoms with van der Waals surface area (Å²) >= 11 is 0. The molecule has 10 nitrogen and oxygen atoms in total. The second kappa shape index (κ2) is 12.9. The van der Waals surface area contributed by atoms with Crippen LogP contribution in [0, 0.1) is 11.7 Å². The van der Waals surface area contributed by atoms with Gasteiger partial charge >= 0.3 is 0 Å². The van der Waals surface area contributed by atoms with Gasteiger partial charge in [-0.1, -0.05) is 30.3 Å². The van der Waals surface area contributed by atoms with Crippen molar-refractivity contribution in [2.24, 2.45) is 13.0 Å². The Morgan fingerprint density at radius 1 is 1.00 bits per heavy atom. The van der Waals surface area contributed by atoms with Crippen molar-refractivity contribution in [2.75, 3.05) is 44.2 Å². The number of hydrogen-bond donors (Lipinski definition) is 1. The van der Waals surface area contributed by atoms with E-state index < -0.39 is 0 Å². The average Bonchev–Trinajstić information content (AvgIpc) is 3.86. The van der Waals surface area contributed by atoms with Crippen molar-refractivity contribution in [3.8, 4) is 22.6 Å². The lowest BCUT2D eigenvalue weighted by atomic mass is 9.98. The number of carbonyl (C=O) groups excluding carboxylic acids is 2. The fourth-order valence-electron chi connectivity index (χ4n) is 6.62. The third-order valence-electron chi connectivity index (χ3n) is 9.21. The number of aryl methyl sites for hydroxylation is 1. The third kappa shape index (κ3) is 6.31. The van der Waals surface area contributed by atoms with E-state index in [0.29, 0.717) is 57.2 Å². The van der Waals surface area contributed by atoms with Gasteiger partial charge in [0, 0.05) is 55.4 Å². The quantitative estimate of drug-likeness (QED) is 0.254. The number of nitrogens with one attached hydrogen (secondary N) is 1. The van der Waals surface area contributed by atoms with E-state index in [0.717, 1.165) is 39.7 Å². The maximum atomic E-state index is 13.8. The van der Waals surface area contributed by atoms with E-state index in [1.165, 1.54) is 17.7 Å². The predicted octanol–water partition coefficient (Wildman–Crippen LogP) is 5.16. The highest BCUT2D eigenvalue weighted by Crippen LogP contribution is 2.31. The van der Waals surface area contributed by atoms with E-state index in [2.05, 4.69) is 43.4 Å². The first-order valence-corrected chi connectivity index (χ1v) is 16.1. The molecule has 7 rings (SSSR count). The molecule has 0 spiro atoms. The van der Waals surface area contributed by atoms with Gasteiger partial charge in [-0.25, -0.2) is 9.37 Å². The second-order valence-electron chi connectivity index (χ2n) is 12.3. The lowest BCUT2D eigenvalue weighted by Gasteiger charge is -2.29. The minimum atomic E-state index is -0.302. The van der Waals surface area contributed by atoms with E-state index >= 15 is 0 Å². The van der Waals surface area contributed by atoms with E-state index in [-0.39, 0.29) is 23.5 Å². The van der Waals surface area contributed by atoms with Crippen LogP contribution in [0.25, 0.3) is 39.1 Å². The van der Waals surface area contributed by atoms with Crippen LogP contribution in [0.3, 0.4) is 0 Å². The molecule has 1 N–H and O–H groups in total. The highest BCUT2D eigenvalue weighted by molar-refractivity contribution is 6.00. The van der Waals surface area contributed by atoms with Gasteiger partial charge in [0.1, 0.15) is 12.1 Å². The molecule has 11 heteroatoms. The lowest BCUT2D eigenvalue weighted by molar-refractivity contribution is -0.132. The third-order valence-corrected chi connectivity index (χ3v) is 9.21. The number of carbonyl (C=O) groups is 2. The van der Waals surface area contributed by atoms with Crippen LogP contribution < -0.4 is 4.90 Å². The number of halogens is 1. The number of amides is 2. The Morgan fingerprint density at radius 3 is 2.47 bits per heavy atom. The molecule has 0 aliphatic carbocycles. The van der Waals surface area contributed by atoms with Crippen molar-refractivity contribution in [2.45, 2.75) is 19.8 Å². The molecule has 0 bridgehead atoms. The molecular weight excluding hydrogens is 595 g/mol. The first-order chi connectivity index (χ1) is 22.9. The Labute approximate surface area is 272 Å². The molecule has 5 aromatic rings. The Kier molecular flexibility index (Phi) is 8.38. The van der Waals surface area contributed by atoms with Crippen molar-refractivity contribution in [1.29, 1.82) is 0 Å². The first kappa shape index (κ1) is 30.5. The molecule has 2 aromatic heterocycles. The Bertz CT molecular complexity index is 1950. The summed E-state index contributed by atoms with van der Waals surface area (Å²) in [5.41, 5.74) is 6.51. The molecule has 2 aliphatic heterocycles. The van der Waals surface area contributed by atoms with Crippen molar-refractivity contribution in [1.82, 2.24) is 34.8 Å². The fourth-order valence-corrected chi connectivity index (χ4v) is 6.62. The Morgan fingerprint density at radius 2 is 1.77 bits per heavy atom. The molecule has 0 radical (unpaired) electrons. The zero-order chi connectivity index (χ0) is 32.5. The summed E-state index contributed by atoms with van der Waals surface area (Å²) in [6.45, 7) is 5.32. The number of likely N-dealkylation sites (tertiary alicyclic amines) is 1. The van der Waals surface area contributed by atoms with Crippen LogP contribution >= 0.6 is 0 Å². The van der Waals surface area contributed by atoms with Crippen molar-refractivity contribution >= 4 is 34.0 Å². The predicted molar refractivity (Wildman–Crippen MR) is 180 cm³/mol. The monoisotopic (exact) mass is 632 g/mol. The number of aromatic nitrogens is 5. The number of aromatic amines is 1. The van der Waals surface area contributed by atoms with E-state index in [4.69, 9.17) is 0 Å². The second-order valence-corrected chi connectivity index (χ2v) is 12.3. The summed E-state index contributed by atoms with van der Waals surface area (Å²) in [7, 11) is 1.85. The molecule has 1 fully saturated rings. The van der Waals surface area contributed by atoms with E-state index in [1.807, 2.05) is 54.1 Å². The van der Waals surface area contributed by atoms with Crippen LogP contribution in [0.2, 0.25) is 0 Å². The van der Waals surface area contributed by atoms with Gasteiger partial charge in [0.25, 0.3) is 0 Å². The number of H-pyrrole nitrogens is 1. The normalized spacial score (nSPS) is 16.9. The molecule has 2 amide bonds. The fraction of sp³-hybridized carbons (Fsp3) is 0.306.